The molecule has 0 N–H and O–H groups in total. The van der Waals surface area contributed by atoms with Gasteiger partial charge in [0.05, 0.1) is 6.04 Å². The minimum Gasteiger partial charge on any atom is -0.406 e. The molecule has 3 nitrogen and oxygen atoms in total. The summed E-state index contributed by atoms with van der Waals surface area (Å²) in [5.41, 5.74) is 0.226. The number of hydrogen-bond donors (Lipinski definition) is 0. The number of alkyl halides is 3. The Balaban J connectivity index is 1.82. The maximum absolute atomic E-state index is 12.5. The Hall–Kier alpha value is -1.98. The van der Waals surface area contributed by atoms with Crippen LogP contribution in [0.4, 0.5) is 13.2 Å². The highest BCUT2D eigenvalue weighted by Gasteiger charge is 2.37. The molecule has 1 fully saturated rings. The van der Waals surface area contributed by atoms with E-state index in [0.717, 1.165) is 25.3 Å². The Labute approximate surface area is 120 Å². The van der Waals surface area contributed by atoms with Gasteiger partial charge in [-0.05, 0) is 37.5 Å². The number of benzene rings is 1. The lowest BCUT2D eigenvalue weighted by Gasteiger charge is -2.31. The molecule has 2 aliphatic heterocycles. The van der Waals surface area contributed by atoms with Crippen LogP contribution in [-0.4, -0.2) is 29.3 Å². The zero-order chi connectivity index (χ0) is 15.0. The highest BCUT2D eigenvalue weighted by atomic mass is 19.4. The van der Waals surface area contributed by atoms with E-state index < -0.39 is 6.36 Å². The Morgan fingerprint density at radius 3 is 2.81 bits per heavy atom. The van der Waals surface area contributed by atoms with Crippen LogP contribution in [0.5, 0.6) is 5.75 Å². The van der Waals surface area contributed by atoms with E-state index in [0.29, 0.717) is 0 Å². The number of hydrogen-bond acceptors (Lipinski definition) is 2. The second-order valence-corrected chi connectivity index (χ2v) is 5.25. The van der Waals surface area contributed by atoms with Crippen molar-refractivity contribution in [3.8, 4) is 5.75 Å². The number of rotatable bonds is 2. The first-order chi connectivity index (χ1) is 9.94. The van der Waals surface area contributed by atoms with E-state index in [1.165, 1.54) is 18.2 Å². The third kappa shape index (κ3) is 2.89. The average molecular weight is 297 g/mol. The monoisotopic (exact) mass is 297 g/mol. The number of nitrogens with zero attached hydrogens (tertiary/aromatic N) is 1. The lowest BCUT2D eigenvalue weighted by molar-refractivity contribution is -0.274. The molecule has 1 amide bonds. The minimum absolute atomic E-state index is 0.0587. The molecule has 0 spiro atoms. The summed E-state index contributed by atoms with van der Waals surface area (Å²) in [6.07, 6.45) is 1.95. The summed E-state index contributed by atoms with van der Waals surface area (Å²) in [4.78, 5) is 14.3. The molecule has 2 aliphatic rings. The Kier molecular flexibility index (Phi) is 3.39. The van der Waals surface area contributed by atoms with Crippen LogP contribution in [-0.2, 0) is 0 Å². The van der Waals surface area contributed by atoms with E-state index in [4.69, 9.17) is 0 Å². The first-order valence-corrected chi connectivity index (χ1v) is 6.79. The van der Waals surface area contributed by atoms with Crippen molar-refractivity contribution in [1.82, 2.24) is 4.90 Å². The largest absolute Gasteiger partial charge is 0.573 e. The van der Waals surface area contributed by atoms with Crippen molar-refractivity contribution >= 4 is 5.91 Å². The summed E-state index contributed by atoms with van der Waals surface area (Å²) in [6.45, 7) is 0. The molecular formula is C15H14F3NO2. The molecule has 0 radical (unpaired) electrons. The fourth-order valence-corrected chi connectivity index (χ4v) is 3.02. The van der Waals surface area contributed by atoms with Crippen LogP contribution >= 0.6 is 0 Å². The number of ether oxygens (including phenoxy) is 1. The van der Waals surface area contributed by atoms with Gasteiger partial charge in [-0.3, -0.25) is 4.79 Å². The lowest BCUT2D eigenvalue weighted by Crippen LogP contribution is -2.42. The van der Waals surface area contributed by atoms with Crippen molar-refractivity contribution in [2.75, 3.05) is 0 Å². The molecule has 21 heavy (non-hydrogen) atoms. The van der Waals surface area contributed by atoms with Crippen LogP contribution in [0.25, 0.3) is 0 Å². The molecule has 3 rings (SSSR count). The fraction of sp³-hybridized carbons (Fsp3) is 0.400. The van der Waals surface area contributed by atoms with Gasteiger partial charge >= 0.3 is 6.36 Å². The van der Waals surface area contributed by atoms with Gasteiger partial charge in [0, 0.05) is 11.6 Å². The van der Waals surface area contributed by atoms with E-state index in [2.05, 4.69) is 10.8 Å². The normalized spacial score (nSPS) is 24.2. The third-order valence-corrected chi connectivity index (χ3v) is 3.86. The fourth-order valence-electron chi connectivity index (χ4n) is 3.02. The van der Waals surface area contributed by atoms with Gasteiger partial charge in [-0.2, -0.15) is 0 Å². The molecule has 0 saturated carbocycles. The summed E-state index contributed by atoms with van der Waals surface area (Å²) in [5.74, 6) is -0.604. The van der Waals surface area contributed by atoms with Crippen LogP contribution in [0.3, 0.4) is 0 Å². The first-order valence-electron chi connectivity index (χ1n) is 6.79. The maximum Gasteiger partial charge on any atom is 0.573 e. The molecule has 0 aromatic heterocycles. The van der Waals surface area contributed by atoms with E-state index >= 15 is 0 Å². The van der Waals surface area contributed by atoms with E-state index in [-0.39, 0.29) is 29.3 Å². The summed E-state index contributed by atoms with van der Waals surface area (Å²) >= 11 is 0. The molecule has 1 aromatic carbocycles. The van der Waals surface area contributed by atoms with Gasteiger partial charge in [0.15, 0.2) is 0 Å². The van der Waals surface area contributed by atoms with Gasteiger partial charge in [0.1, 0.15) is 5.75 Å². The molecule has 2 heterocycles. The van der Waals surface area contributed by atoms with Crippen molar-refractivity contribution in [2.45, 2.75) is 37.7 Å². The average Bonchev–Trinajstić information content (AvgIpc) is 2.65. The topological polar surface area (TPSA) is 29.5 Å². The van der Waals surface area contributed by atoms with E-state index in [1.54, 1.807) is 4.90 Å². The first kappa shape index (κ1) is 14.0. The quantitative estimate of drug-likeness (QED) is 0.782. The molecule has 2 atom stereocenters. The highest BCUT2D eigenvalue weighted by molar-refractivity contribution is 5.95. The number of carbonyl (C=O) groups is 1. The van der Waals surface area contributed by atoms with Crippen LogP contribution in [0, 0.1) is 0 Å². The predicted octanol–water partition coefficient (Wildman–Crippen LogP) is 3.52. The standard InChI is InChI=1S/C15H14F3NO2/c16-15(17,18)21-13-6-1-3-10(9-13)14(20)19-11-4-2-5-12(19)8-7-11/h1-4,6,9,11-12H,5,7-8H2. The highest BCUT2D eigenvalue weighted by Crippen LogP contribution is 2.33. The summed E-state index contributed by atoms with van der Waals surface area (Å²) in [5, 5.41) is 0. The zero-order valence-electron chi connectivity index (χ0n) is 11.1. The van der Waals surface area contributed by atoms with Crippen LogP contribution in [0.1, 0.15) is 29.6 Å². The van der Waals surface area contributed by atoms with Crippen LogP contribution < -0.4 is 4.74 Å². The number of carbonyl (C=O) groups excluding carboxylic acids is 1. The zero-order valence-corrected chi connectivity index (χ0v) is 11.1. The van der Waals surface area contributed by atoms with Crippen molar-refractivity contribution in [3.05, 3.63) is 42.0 Å². The van der Waals surface area contributed by atoms with Crippen LogP contribution in [0.15, 0.2) is 36.4 Å². The van der Waals surface area contributed by atoms with Gasteiger partial charge in [0.25, 0.3) is 5.91 Å². The van der Waals surface area contributed by atoms with E-state index in [1.807, 2.05) is 6.08 Å². The molecule has 1 saturated heterocycles. The van der Waals surface area contributed by atoms with Crippen molar-refractivity contribution < 1.29 is 22.7 Å². The number of amides is 1. The Morgan fingerprint density at radius 1 is 1.29 bits per heavy atom. The third-order valence-electron chi connectivity index (χ3n) is 3.86. The molecule has 112 valence electrons. The van der Waals surface area contributed by atoms with Crippen molar-refractivity contribution in [3.63, 3.8) is 0 Å². The molecule has 1 aromatic rings. The van der Waals surface area contributed by atoms with Crippen molar-refractivity contribution in [1.29, 1.82) is 0 Å². The van der Waals surface area contributed by atoms with Gasteiger partial charge in [-0.25, -0.2) is 0 Å². The van der Waals surface area contributed by atoms with Gasteiger partial charge in [-0.15, -0.1) is 13.2 Å². The smallest absolute Gasteiger partial charge is 0.406 e. The van der Waals surface area contributed by atoms with Gasteiger partial charge < -0.3 is 9.64 Å². The number of halogens is 3. The summed E-state index contributed by atoms with van der Waals surface area (Å²) < 4.78 is 40.6. The summed E-state index contributed by atoms with van der Waals surface area (Å²) in [6, 6.07) is 5.46. The Bertz CT molecular complexity index is 583. The molecule has 0 aliphatic carbocycles. The molecule has 6 heteroatoms. The second-order valence-electron chi connectivity index (χ2n) is 5.25. The maximum atomic E-state index is 12.5. The second kappa shape index (κ2) is 5.09. The minimum atomic E-state index is -4.76. The Morgan fingerprint density at radius 2 is 2.10 bits per heavy atom. The van der Waals surface area contributed by atoms with Crippen LogP contribution in [0.2, 0.25) is 0 Å². The predicted molar refractivity (Wildman–Crippen MR) is 69.9 cm³/mol. The lowest BCUT2D eigenvalue weighted by atomic mass is 10.1. The van der Waals surface area contributed by atoms with E-state index in [9.17, 15) is 18.0 Å². The SMILES string of the molecule is O=C(c1cccc(OC(F)(F)F)c1)N1C2C=CCC1CC2. The molecule has 2 bridgehead atoms. The number of fused-ring (bicyclic) bond motifs is 2. The molecular weight excluding hydrogens is 283 g/mol. The molecule has 2 unspecified atom stereocenters. The summed E-state index contributed by atoms with van der Waals surface area (Å²) in [7, 11) is 0. The van der Waals surface area contributed by atoms with Gasteiger partial charge in [0.2, 0.25) is 0 Å². The van der Waals surface area contributed by atoms with Gasteiger partial charge in [-0.1, -0.05) is 18.2 Å². The van der Waals surface area contributed by atoms with Crippen molar-refractivity contribution in [2.24, 2.45) is 0 Å².